The molecule has 0 saturated carbocycles. The van der Waals surface area contributed by atoms with Crippen molar-refractivity contribution in [1.29, 1.82) is 5.26 Å². The van der Waals surface area contributed by atoms with Crippen molar-refractivity contribution in [2.24, 2.45) is 0 Å². The van der Waals surface area contributed by atoms with Crippen molar-refractivity contribution < 1.29 is 18.7 Å². The first-order chi connectivity index (χ1) is 13.3. The van der Waals surface area contributed by atoms with E-state index in [1.165, 1.54) is 30.3 Å². The number of halogens is 2. The molecule has 0 aliphatic rings. The lowest BCUT2D eigenvalue weighted by Crippen LogP contribution is -2.13. The average molecular weight is 403 g/mol. The standard InChI is InChI=1S/C21H20ClFN2O3/c1-4-27-19-11-14(10-18(22)20(19)28-13(2)3)9-15(12-24)21(26)25-17-7-5-16(23)6-8-17/h5-11,13H,4H2,1-3H3,(H,25,26)/b15-9+. The molecule has 2 aromatic carbocycles. The van der Waals surface area contributed by atoms with E-state index < -0.39 is 11.7 Å². The lowest BCUT2D eigenvalue weighted by atomic mass is 10.1. The summed E-state index contributed by atoms with van der Waals surface area (Å²) in [7, 11) is 0. The minimum atomic E-state index is -0.620. The molecule has 0 heterocycles. The van der Waals surface area contributed by atoms with Crippen LogP contribution in [-0.4, -0.2) is 18.6 Å². The molecule has 0 atom stereocenters. The highest BCUT2D eigenvalue weighted by Crippen LogP contribution is 2.38. The number of hydrogen-bond acceptors (Lipinski definition) is 4. The predicted octanol–water partition coefficient (Wildman–Crippen LogP) is 5.21. The number of nitrogens with zero attached hydrogens (tertiary/aromatic N) is 1. The average Bonchev–Trinajstić information content (AvgIpc) is 2.64. The van der Waals surface area contributed by atoms with Crippen LogP contribution in [0.3, 0.4) is 0 Å². The number of hydrogen-bond donors (Lipinski definition) is 1. The maximum Gasteiger partial charge on any atom is 0.266 e. The monoisotopic (exact) mass is 402 g/mol. The van der Waals surface area contributed by atoms with Crippen LogP contribution >= 0.6 is 11.6 Å². The van der Waals surface area contributed by atoms with Crippen LogP contribution in [0.15, 0.2) is 42.0 Å². The summed E-state index contributed by atoms with van der Waals surface area (Å²) in [5.41, 5.74) is 0.747. The maximum absolute atomic E-state index is 13.0. The molecule has 0 aromatic heterocycles. The van der Waals surface area contributed by atoms with Gasteiger partial charge in [0.25, 0.3) is 5.91 Å². The van der Waals surface area contributed by atoms with Crippen molar-refractivity contribution in [3.05, 3.63) is 58.4 Å². The second kappa shape index (κ2) is 9.77. The van der Waals surface area contributed by atoms with Crippen LogP contribution in [0.5, 0.6) is 11.5 Å². The molecule has 146 valence electrons. The fourth-order valence-electron chi connectivity index (χ4n) is 2.33. The van der Waals surface area contributed by atoms with Crippen LogP contribution in [0.4, 0.5) is 10.1 Å². The smallest absolute Gasteiger partial charge is 0.266 e. The summed E-state index contributed by atoms with van der Waals surface area (Å²) in [4.78, 5) is 12.4. The number of nitrogens with one attached hydrogen (secondary N) is 1. The van der Waals surface area contributed by atoms with Gasteiger partial charge in [-0.2, -0.15) is 5.26 Å². The van der Waals surface area contributed by atoms with Crippen molar-refractivity contribution in [1.82, 2.24) is 0 Å². The third-order valence-electron chi connectivity index (χ3n) is 3.46. The number of amides is 1. The van der Waals surface area contributed by atoms with E-state index >= 15 is 0 Å². The van der Waals surface area contributed by atoms with Gasteiger partial charge in [0.1, 0.15) is 17.5 Å². The molecule has 28 heavy (non-hydrogen) atoms. The first-order valence-corrected chi connectivity index (χ1v) is 9.03. The van der Waals surface area contributed by atoms with Gasteiger partial charge in [-0.15, -0.1) is 0 Å². The Morgan fingerprint density at radius 2 is 2.00 bits per heavy atom. The summed E-state index contributed by atoms with van der Waals surface area (Å²) in [5.74, 6) is -0.210. The molecule has 0 aliphatic carbocycles. The van der Waals surface area contributed by atoms with Gasteiger partial charge in [0.05, 0.1) is 17.7 Å². The minimum absolute atomic E-state index is 0.103. The number of anilines is 1. The SMILES string of the molecule is CCOc1cc(/C=C(\C#N)C(=O)Nc2ccc(F)cc2)cc(Cl)c1OC(C)C. The van der Waals surface area contributed by atoms with Gasteiger partial charge < -0.3 is 14.8 Å². The van der Waals surface area contributed by atoms with Crippen LogP contribution in [0.25, 0.3) is 6.08 Å². The molecule has 0 saturated heterocycles. The first-order valence-electron chi connectivity index (χ1n) is 8.65. The van der Waals surface area contributed by atoms with E-state index in [9.17, 15) is 14.4 Å². The van der Waals surface area contributed by atoms with Gasteiger partial charge in [0.15, 0.2) is 11.5 Å². The fourth-order valence-corrected chi connectivity index (χ4v) is 2.59. The highest BCUT2D eigenvalue weighted by Gasteiger charge is 2.15. The summed E-state index contributed by atoms with van der Waals surface area (Å²) < 4.78 is 24.3. The van der Waals surface area contributed by atoms with Gasteiger partial charge in [0.2, 0.25) is 0 Å². The number of nitriles is 1. The number of carbonyl (C=O) groups excluding carboxylic acids is 1. The molecule has 1 N–H and O–H groups in total. The molecule has 0 bridgehead atoms. The predicted molar refractivity (Wildman–Crippen MR) is 107 cm³/mol. The Morgan fingerprint density at radius 3 is 2.57 bits per heavy atom. The van der Waals surface area contributed by atoms with E-state index in [4.69, 9.17) is 21.1 Å². The Morgan fingerprint density at radius 1 is 1.32 bits per heavy atom. The summed E-state index contributed by atoms with van der Waals surface area (Å²) in [6, 6.07) is 10.3. The Balaban J connectivity index is 2.33. The fraction of sp³-hybridized carbons (Fsp3) is 0.238. The topological polar surface area (TPSA) is 71.3 Å². The van der Waals surface area contributed by atoms with Gasteiger partial charge in [0, 0.05) is 5.69 Å². The van der Waals surface area contributed by atoms with E-state index in [0.717, 1.165) is 0 Å². The molecule has 1 amide bonds. The van der Waals surface area contributed by atoms with E-state index in [1.807, 2.05) is 26.8 Å². The maximum atomic E-state index is 13.0. The van der Waals surface area contributed by atoms with Gasteiger partial charge >= 0.3 is 0 Å². The molecular formula is C21H20ClFN2O3. The van der Waals surface area contributed by atoms with Crippen LogP contribution in [0.1, 0.15) is 26.3 Å². The van der Waals surface area contributed by atoms with Gasteiger partial charge in [-0.1, -0.05) is 11.6 Å². The lowest BCUT2D eigenvalue weighted by molar-refractivity contribution is -0.112. The van der Waals surface area contributed by atoms with Crippen LogP contribution in [0, 0.1) is 17.1 Å². The summed E-state index contributed by atoms with van der Waals surface area (Å²) in [5, 5.41) is 12.2. The van der Waals surface area contributed by atoms with Crippen LogP contribution in [-0.2, 0) is 4.79 Å². The molecular weight excluding hydrogens is 383 g/mol. The third-order valence-corrected chi connectivity index (χ3v) is 3.74. The van der Waals surface area contributed by atoms with Crippen molar-refractivity contribution in [2.45, 2.75) is 26.9 Å². The van der Waals surface area contributed by atoms with E-state index in [-0.39, 0.29) is 11.7 Å². The van der Waals surface area contributed by atoms with E-state index in [1.54, 1.807) is 12.1 Å². The summed E-state index contributed by atoms with van der Waals surface area (Å²) in [6.07, 6.45) is 1.29. The quantitative estimate of drug-likeness (QED) is 0.509. The largest absolute Gasteiger partial charge is 0.490 e. The minimum Gasteiger partial charge on any atom is -0.490 e. The normalized spacial score (nSPS) is 11.1. The number of benzene rings is 2. The summed E-state index contributed by atoms with van der Waals surface area (Å²) in [6.45, 7) is 5.96. The van der Waals surface area contributed by atoms with Crippen molar-refractivity contribution >= 4 is 29.3 Å². The number of ether oxygens (including phenoxy) is 2. The number of carbonyl (C=O) groups is 1. The zero-order valence-electron chi connectivity index (χ0n) is 15.8. The Kier molecular flexibility index (Phi) is 7.42. The molecule has 0 aliphatic heterocycles. The van der Waals surface area contributed by atoms with E-state index in [2.05, 4.69) is 5.32 Å². The molecule has 2 rings (SSSR count). The Labute approximate surface area is 168 Å². The molecule has 5 nitrogen and oxygen atoms in total. The van der Waals surface area contributed by atoms with Gasteiger partial charge in [-0.3, -0.25) is 4.79 Å². The highest BCUT2D eigenvalue weighted by molar-refractivity contribution is 6.32. The van der Waals surface area contributed by atoms with Crippen molar-refractivity contribution in [3.8, 4) is 17.6 Å². The highest BCUT2D eigenvalue weighted by atomic mass is 35.5. The van der Waals surface area contributed by atoms with Crippen molar-refractivity contribution in [3.63, 3.8) is 0 Å². The molecule has 0 radical (unpaired) electrons. The molecule has 0 spiro atoms. The molecule has 0 fully saturated rings. The zero-order chi connectivity index (χ0) is 20.7. The van der Waals surface area contributed by atoms with Crippen LogP contribution in [0.2, 0.25) is 5.02 Å². The second-order valence-electron chi connectivity index (χ2n) is 6.06. The third kappa shape index (κ3) is 5.73. The van der Waals surface area contributed by atoms with Gasteiger partial charge in [-0.05, 0) is 68.8 Å². The van der Waals surface area contributed by atoms with Crippen molar-refractivity contribution in [2.75, 3.05) is 11.9 Å². The van der Waals surface area contributed by atoms with Crippen LogP contribution < -0.4 is 14.8 Å². The molecule has 0 unspecified atom stereocenters. The van der Waals surface area contributed by atoms with E-state index in [0.29, 0.717) is 34.4 Å². The molecule has 7 heteroatoms. The first kappa shape index (κ1) is 21.3. The van der Waals surface area contributed by atoms with Gasteiger partial charge in [-0.25, -0.2) is 4.39 Å². The Hall–Kier alpha value is -3.04. The molecule has 2 aromatic rings. The second-order valence-corrected chi connectivity index (χ2v) is 6.47. The lowest BCUT2D eigenvalue weighted by Gasteiger charge is -2.16. The number of rotatable bonds is 7. The Bertz CT molecular complexity index is 918. The zero-order valence-corrected chi connectivity index (χ0v) is 16.5. The summed E-state index contributed by atoms with van der Waals surface area (Å²) >= 11 is 6.31.